The molecule has 0 spiro atoms. The maximum absolute atomic E-state index is 12.3. The first-order valence-corrected chi connectivity index (χ1v) is 9.69. The Morgan fingerprint density at radius 1 is 1.33 bits per heavy atom. The van der Waals surface area contributed by atoms with Gasteiger partial charge in [0.05, 0.1) is 0 Å². The average molecular weight is 392 g/mol. The first kappa shape index (κ1) is 19.0. The molecule has 144 valence electrons. The number of aliphatic hydroxyl groups excluding tert-OH is 1. The van der Waals surface area contributed by atoms with Gasteiger partial charge in [-0.15, -0.1) is 0 Å². The third-order valence-electron chi connectivity index (χ3n) is 4.13. The van der Waals surface area contributed by atoms with Crippen molar-refractivity contribution in [1.29, 1.82) is 0 Å². The molecule has 1 aromatic heterocycles. The van der Waals surface area contributed by atoms with Crippen LogP contribution >= 0.6 is 0 Å². The summed E-state index contributed by atoms with van der Waals surface area (Å²) in [5.41, 5.74) is 3.54. The fraction of sp³-hybridized carbons (Fsp3) is 0.235. The molecule has 9 nitrogen and oxygen atoms in total. The molecule has 0 bridgehead atoms. The number of aliphatic hydroxyl groups is 1. The van der Waals surface area contributed by atoms with Crippen LogP contribution in [-0.4, -0.2) is 29.7 Å². The maximum Gasteiger partial charge on any atom is 0.380 e. The lowest BCUT2D eigenvalue weighted by atomic mass is 10.1. The molecule has 1 aliphatic rings. The Kier molecular flexibility index (Phi) is 5.22. The van der Waals surface area contributed by atoms with Crippen molar-refractivity contribution in [3.8, 4) is 11.1 Å². The maximum atomic E-state index is 12.3. The highest BCUT2D eigenvalue weighted by Crippen LogP contribution is 2.33. The number of benzene rings is 1. The zero-order valence-corrected chi connectivity index (χ0v) is 15.1. The highest BCUT2D eigenvalue weighted by Gasteiger charge is 2.29. The van der Waals surface area contributed by atoms with Gasteiger partial charge in [-0.05, 0) is 36.6 Å². The summed E-state index contributed by atoms with van der Waals surface area (Å²) in [5, 5.41) is 18.1. The van der Waals surface area contributed by atoms with Crippen molar-refractivity contribution in [2.24, 2.45) is 11.1 Å². The van der Waals surface area contributed by atoms with Gasteiger partial charge < -0.3 is 15.3 Å². The second-order valence-corrected chi connectivity index (χ2v) is 7.56. The fourth-order valence-corrected chi connectivity index (χ4v) is 3.31. The standard InChI is InChI=1S/C17H20N4O5S/c1-2-19-26-17(23)15-14(9-10-21(15)27(18,24)25)11-5-7-13(8-6-11)20-16(22)12-3-4-12/h2,5-10,12,16,19-20,22H,1,3-4H2,(H2,18,24,25). The van der Waals surface area contributed by atoms with E-state index < -0.39 is 22.4 Å². The number of carbonyl (C=O) groups excluding carboxylic acids is 1. The largest absolute Gasteiger partial charge is 0.380 e. The van der Waals surface area contributed by atoms with Crippen LogP contribution in [0.4, 0.5) is 5.69 Å². The Morgan fingerprint density at radius 2 is 2.00 bits per heavy atom. The molecule has 1 aromatic carbocycles. The smallest absolute Gasteiger partial charge is 0.374 e. The Morgan fingerprint density at radius 3 is 2.56 bits per heavy atom. The lowest BCUT2D eigenvalue weighted by molar-refractivity contribution is 0.0342. The van der Waals surface area contributed by atoms with Crippen molar-refractivity contribution in [3.05, 3.63) is 55.0 Å². The van der Waals surface area contributed by atoms with Crippen molar-refractivity contribution in [2.45, 2.75) is 19.1 Å². The minimum atomic E-state index is -4.20. The fourth-order valence-electron chi connectivity index (χ4n) is 2.65. The van der Waals surface area contributed by atoms with Gasteiger partial charge in [0.25, 0.3) is 0 Å². The summed E-state index contributed by atoms with van der Waals surface area (Å²) in [7, 11) is -4.20. The van der Waals surface area contributed by atoms with Crippen LogP contribution in [0, 0.1) is 5.92 Å². The molecule has 0 aliphatic heterocycles. The molecule has 1 aliphatic carbocycles. The number of hydroxylamine groups is 1. The summed E-state index contributed by atoms with van der Waals surface area (Å²) in [6.07, 6.45) is 3.70. The van der Waals surface area contributed by atoms with Crippen LogP contribution in [-0.2, 0) is 15.0 Å². The number of nitrogens with two attached hydrogens (primary N) is 1. The van der Waals surface area contributed by atoms with Gasteiger partial charge in [-0.1, -0.05) is 18.7 Å². The van der Waals surface area contributed by atoms with E-state index in [2.05, 4.69) is 17.4 Å². The molecular weight excluding hydrogens is 372 g/mol. The summed E-state index contributed by atoms with van der Waals surface area (Å²) in [5.74, 6) is -0.664. The molecule has 1 heterocycles. The molecule has 2 aromatic rings. The summed E-state index contributed by atoms with van der Waals surface area (Å²) in [4.78, 5) is 17.1. The van der Waals surface area contributed by atoms with Crippen molar-refractivity contribution < 1.29 is 23.2 Å². The number of aromatic nitrogens is 1. The molecule has 0 radical (unpaired) electrons. The van der Waals surface area contributed by atoms with Crippen LogP contribution in [0.1, 0.15) is 23.3 Å². The van der Waals surface area contributed by atoms with Gasteiger partial charge in [0.2, 0.25) is 0 Å². The van der Waals surface area contributed by atoms with Gasteiger partial charge in [-0.3, -0.25) is 0 Å². The minimum Gasteiger partial charge on any atom is -0.374 e. The predicted molar refractivity (Wildman–Crippen MR) is 99.5 cm³/mol. The minimum absolute atomic E-state index is 0.245. The number of nitrogens with zero attached hydrogens (tertiary/aromatic N) is 1. The molecule has 1 fully saturated rings. The summed E-state index contributed by atoms with van der Waals surface area (Å²) in [6, 6.07) is 8.31. The van der Waals surface area contributed by atoms with E-state index in [1.165, 1.54) is 12.3 Å². The van der Waals surface area contributed by atoms with E-state index >= 15 is 0 Å². The Labute approximate surface area is 156 Å². The highest BCUT2D eigenvalue weighted by atomic mass is 32.2. The normalized spacial score (nSPS) is 15.0. The molecule has 5 N–H and O–H groups in total. The topological polar surface area (TPSA) is 136 Å². The van der Waals surface area contributed by atoms with E-state index in [-0.39, 0.29) is 11.6 Å². The number of hydrogen-bond acceptors (Lipinski definition) is 7. The Balaban J connectivity index is 1.92. The monoisotopic (exact) mass is 392 g/mol. The van der Waals surface area contributed by atoms with Gasteiger partial charge in [0.1, 0.15) is 6.23 Å². The number of carbonyl (C=O) groups is 1. The van der Waals surface area contributed by atoms with Crippen LogP contribution in [0.25, 0.3) is 11.1 Å². The number of rotatable bonds is 8. The van der Waals surface area contributed by atoms with Gasteiger partial charge in [-0.2, -0.15) is 8.42 Å². The molecule has 0 amide bonds. The lowest BCUT2D eigenvalue weighted by Gasteiger charge is -2.14. The molecule has 27 heavy (non-hydrogen) atoms. The summed E-state index contributed by atoms with van der Waals surface area (Å²) < 4.78 is 24.2. The molecule has 10 heteroatoms. The third kappa shape index (κ3) is 4.30. The first-order chi connectivity index (χ1) is 12.8. The van der Waals surface area contributed by atoms with Crippen LogP contribution in [0.3, 0.4) is 0 Å². The van der Waals surface area contributed by atoms with E-state index in [4.69, 9.17) is 9.98 Å². The van der Waals surface area contributed by atoms with E-state index in [1.807, 2.05) is 0 Å². The lowest BCUT2D eigenvalue weighted by Crippen LogP contribution is -2.27. The number of hydrogen-bond donors (Lipinski definition) is 4. The van der Waals surface area contributed by atoms with Crippen molar-refractivity contribution in [3.63, 3.8) is 0 Å². The molecule has 1 unspecified atom stereocenters. The summed E-state index contributed by atoms with van der Waals surface area (Å²) >= 11 is 0. The van der Waals surface area contributed by atoms with E-state index in [0.29, 0.717) is 20.8 Å². The quantitative estimate of drug-likeness (QED) is 0.391. The van der Waals surface area contributed by atoms with Gasteiger partial charge >= 0.3 is 16.2 Å². The average Bonchev–Trinajstić information content (AvgIpc) is 3.37. The van der Waals surface area contributed by atoms with Gasteiger partial charge in [0.15, 0.2) is 5.69 Å². The summed E-state index contributed by atoms with van der Waals surface area (Å²) in [6.45, 7) is 3.35. The van der Waals surface area contributed by atoms with E-state index in [0.717, 1.165) is 19.0 Å². The van der Waals surface area contributed by atoms with Crippen LogP contribution in [0.2, 0.25) is 0 Å². The highest BCUT2D eigenvalue weighted by molar-refractivity contribution is 7.87. The Hall–Kier alpha value is -2.82. The third-order valence-corrected chi connectivity index (χ3v) is 4.99. The second kappa shape index (κ2) is 7.43. The second-order valence-electron chi connectivity index (χ2n) is 6.13. The van der Waals surface area contributed by atoms with Crippen LogP contribution in [0.15, 0.2) is 49.3 Å². The Bertz CT molecular complexity index is 948. The van der Waals surface area contributed by atoms with Crippen LogP contribution in [0.5, 0.6) is 0 Å². The van der Waals surface area contributed by atoms with Crippen molar-refractivity contribution in [1.82, 2.24) is 9.45 Å². The van der Waals surface area contributed by atoms with Crippen molar-refractivity contribution in [2.75, 3.05) is 5.32 Å². The molecule has 0 saturated heterocycles. The number of anilines is 1. The molecule has 1 saturated carbocycles. The predicted octanol–water partition coefficient (Wildman–Crippen LogP) is 1.15. The molecule has 3 rings (SSSR count). The van der Waals surface area contributed by atoms with Crippen LogP contribution < -0.4 is 15.9 Å². The van der Waals surface area contributed by atoms with E-state index in [1.54, 1.807) is 24.3 Å². The van der Waals surface area contributed by atoms with E-state index in [9.17, 15) is 18.3 Å². The van der Waals surface area contributed by atoms with Gasteiger partial charge in [0, 0.05) is 29.6 Å². The first-order valence-electron chi connectivity index (χ1n) is 8.18. The molecular formula is C17H20N4O5S. The molecule has 1 atom stereocenters. The van der Waals surface area contributed by atoms with Crippen molar-refractivity contribution >= 4 is 21.9 Å². The van der Waals surface area contributed by atoms with Gasteiger partial charge in [-0.25, -0.2) is 19.4 Å². The zero-order valence-electron chi connectivity index (χ0n) is 14.3. The zero-order chi connectivity index (χ0) is 19.6. The number of nitrogens with one attached hydrogen (secondary N) is 2. The SMILES string of the molecule is C=CNOC(=O)c1c(-c2ccc(NC(O)C3CC3)cc2)ccn1S(N)(=O)=O.